The minimum Gasteiger partial charge on any atom is -0.0496 e. The molecule has 0 aromatic heterocycles. The Bertz CT molecular complexity index is 285. The zero-order chi connectivity index (χ0) is 10.0. The summed E-state index contributed by atoms with van der Waals surface area (Å²) in [4.78, 5) is 0. The van der Waals surface area contributed by atoms with Crippen molar-refractivity contribution in [2.45, 2.75) is 38.5 Å². The van der Waals surface area contributed by atoms with Gasteiger partial charge < -0.3 is 0 Å². The van der Waals surface area contributed by atoms with Gasteiger partial charge in [-0.2, -0.15) is 0 Å². The molecular weight excluding hydrogens is 192 g/mol. The largest absolute Gasteiger partial charge is 0.0496 e. The molecule has 0 aromatic rings. The van der Waals surface area contributed by atoms with E-state index < -0.39 is 0 Å². The zero-order valence-corrected chi connectivity index (χ0v) is 10.0. The first-order chi connectivity index (χ1) is 7.95. The van der Waals surface area contributed by atoms with Gasteiger partial charge in [-0.15, -0.1) is 0 Å². The summed E-state index contributed by atoms with van der Waals surface area (Å²) in [6.07, 6.45) is 9.88. The highest BCUT2D eigenvalue weighted by atomic mass is 14.8. The Morgan fingerprint density at radius 2 is 0.562 bits per heavy atom. The summed E-state index contributed by atoms with van der Waals surface area (Å²) in [6.45, 7) is 0. The van der Waals surface area contributed by atoms with Crippen molar-refractivity contribution < 1.29 is 0 Å². The van der Waals surface area contributed by atoms with Crippen LogP contribution in [-0.4, -0.2) is 0 Å². The number of rotatable bonds is 0. The van der Waals surface area contributed by atoms with Gasteiger partial charge in [0.05, 0.1) is 0 Å². The molecular formula is C16H22. The van der Waals surface area contributed by atoms with Gasteiger partial charge in [0, 0.05) is 0 Å². The molecule has 0 bridgehead atoms. The first kappa shape index (κ1) is 8.16. The first-order valence-corrected chi connectivity index (χ1v) is 7.95. The maximum atomic E-state index is 1.65. The van der Waals surface area contributed by atoms with E-state index in [1.54, 1.807) is 38.5 Å². The highest BCUT2D eigenvalue weighted by molar-refractivity contribution is 5.22. The number of fused-ring (bicyclic) bond motifs is 3. The maximum Gasteiger partial charge on any atom is -0.0313 e. The van der Waals surface area contributed by atoms with E-state index in [2.05, 4.69) is 0 Å². The molecule has 6 aliphatic rings. The highest BCUT2D eigenvalue weighted by Gasteiger charge is 2.74. The lowest BCUT2D eigenvalue weighted by atomic mass is 9.85. The van der Waals surface area contributed by atoms with E-state index in [0.717, 1.165) is 0 Å². The lowest BCUT2D eigenvalue weighted by Gasteiger charge is -2.19. The summed E-state index contributed by atoms with van der Waals surface area (Å²) in [5, 5.41) is 0. The highest BCUT2D eigenvalue weighted by Crippen LogP contribution is 2.79. The summed E-state index contributed by atoms with van der Waals surface area (Å²) in [5.74, 6) is 12.5. The molecule has 0 N–H and O–H groups in total. The van der Waals surface area contributed by atoms with Crippen molar-refractivity contribution in [1.82, 2.24) is 0 Å². The topological polar surface area (TPSA) is 0 Å². The van der Waals surface area contributed by atoms with Gasteiger partial charge in [0.25, 0.3) is 0 Å². The lowest BCUT2D eigenvalue weighted by molar-refractivity contribution is 0.284. The van der Waals surface area contributed by atoms with Crippen LogP contribution in [0.25, 0.3) is 0 Å². The van der Waals surface area contributed by atoms with Crippen LogP contribution in [0.1, 0.15) is 38.5 Å². The van der Waals surface area contributed by atoms with Crippen LogP contribution >= 0.6 is 0 Å². The molecule has 6 aliphatic carbocycles. The van der Waals surface area contributed by atoms with Crippen LogP contribution in [0.4, 0.5) is 0 Å². The second kappa shape index (κ2) is 2.27. The Balaban J connectivity index is 1.62. The van der Waals surface area contributed by atoms with Crippen LogP contribution in [0.2, 0.25) is 0 Å². The minimum atomic E-state index is 1.23. The fraction of sp³-hybridized carbons (Fsp3) is 1.00. The van der Waals surface area contributed by atoms with Crippen molar-refractivity contribution in [2.24, 2.45) is 59.2 Å². The summed E-state index contributed by atoms with van der Waals surface area (Å²) >= 11 is 0. The molecule has 0 heteroatoms. The van der Waals surface area contributed by atoms with Gasteiger partial charge in [-0.1, -0.05) is 0 Å². The van der Waals surface area contributed by atoms with Gasteiger partial charge >= 0.3 is 0 Å². The molecule has 0 aliphatic heterocycles. The van der Waals surface area contributed by atoms with Gasteiger partial charge in [-0.05, 0) is 97.7 Å². The summed E-state index contributed by atoms with van der Waals surface area (Å²) < 4.78 is 0. The molecule has 0 spiro atoms. The molecule has 0 saturated heterocycles. The van der Waals surface area contributed by atoms with Gasteiger partial charge in [0.2, 0.25) is 0 Å². The summed E-state index contributed by atoms with van der Waals surface area (Å²) in [7, 11) is 0. The SMILES string of the molecule is C1C[C@@H]2C3C4C5[C@@H](CC[C@@H]5[C@@H]5CC[C@H]2C45)[C@H]13. The van der Waals surface area contributed by atoms with E-state index in [9.17, 15) is 0 Å². The fourth-order valence-electron chi connectivity index (χ4n) is 8.74. The van der Waals surface area contributed by atoms with Crippen molar-refractivity contribution in [2.75, 3.05) is 0 Å². The zero-order valence-electron chi connectivity index (χ0n) is 10.0. The third kappa shape index (κ3) is 0.596. The molecule has 0 aromatic carbocycles. The van der Waals surface area contributed by atoms with Crippen molar-refractivity contribution in [3.05, 3.63) is 0 Å². The number of hydrogen-bond donors (Lipinski definition) is 0. The summed E-state index contributed by atoms with van der Waals surface area (Å²) in [6, 6.07) is 0. The van der Waals surface area contributed by atoms with E-state index in [0.29, 0.717) is 0 Å². The van der Waals surface area contributed by atoms with Crippen LogP contribution in [0.3, 0.4) is 0 Å². The standard InChI is InChI=1S/C16H22/c1-2-8-10-5-6-12-11-4-3-9-7(1)13(8)16(14(9)11)15(10)12/h7-16H,1-6H2/t7-,8-,9-,10+,11+,12-,13?,14?,15?,16?/m0/s1. The second-order valence-electron chi connectivity index (χ2n) is 8.02. The number of hydrogen-bond acceptors (Lipinski definition) is 0. The van der Waals surface area contributed by atoms with Crippen LogP contribution in [0.5, 0.6) is 0 Å². The molecule has 0 radical (unpaired) electrons. The van der Waals surface area contributed by atoms with Gasteiger partial charge in [-0.25, -0.2) is 0 Å². The van der Waals surface area contributed by atoms with Crippen molar-refractivity contribution in [3.8, 4) is 0 Å². The predicted octanol–water partition coefficient (Wildman–Crippen LogP) is 3.57. The van der Waals surface area contributed by atoms with E-state index in [-0.39, 0.29) is 0 Å². The normalized spacial score (nSPS) is 76.5. The fourth-order valence-corrected chi connectivity index (χ4v) is 8.74. The Kier molecular flexibility index (Phi) is 1.16. The third-order valence-electron chi connectivity index (χ3n) is 8.45. The molecule has 10 atom stereocenters. The minimum absolute atomic E-state index is 1.23. The molecule has 6 saturated carbocycles. The van der Waals surface area contributed by atoms with Crippen LogP contribution in [0.15, 0.2) is 0 Å². The second-order valence-corrected chi connectivity index (χ2v) is 8.02. The first-order valence-electron chi connectivity index (χ1n) is 7.95. The molecule has 0 nitrogen and oxygen atoms in total. The Hall–Kier alpha value is 0. The van der Waals surface area contributed by atoms with E-state index in [1.165, 1.54) is 59.2 Å². The van der Waals surface area contributed by atoms with Crippen LogP contribution in [0, 0.1) is 59.2 Å². The average molecular weight is 214 g/mol. The monoisotopic (exact) mass is 214 g/mol. The predicted molar refractivity (Wildman–Crippen MR) is 62.6 cm³/mol. The van der Waals surface area contributed by atoms with Crippen LogP contribution in [-0.2, 0) is 0 Å². The molecule has 6 rings (SSSR count). The molecule has 0 amide bonds. The van der Waals surface area contributed by atoms with Gasteiger partial charge in [-0.3, -0.25) is 0 Å². The van der Waals surface area contributed by atoms with Gasteiger partial charge in [0.1, 0.15) is 0 Å². The summed E-state index contributed by atoms with van der Waals surface area (Å²) in [5.41, 5.74) is 0. The van der Waals surface area contributed by atoms with E-state index in [1.807, 2.05) is 0 Å². The smallest absolute Gasteiger partial charge is 0.0313 e. The van der Waals surface area contributed by atoms with E-state index in [4.69, 9.17) is 0 Å². The molecule has 6 fully saturated rings. The molecule has 0 heterocycles. The molecule has 4 unspecified atom stereocenters. The van der Waals surface area contributed by atoms with Crippen molar-refractivity contribution in [1.29, 1.82) is 0 Å². The van der Waals surface area contributed by atoms with E-state index >= 15 is 0 Å². The Labute approximate surface area is 98.2 Å². The lowest BCUT2D eigenvalue weighted by Crippen LogP contribution is -2.14. The Morgan fingerprint density at radius 1 is 0.312 bits per heavy atom. The van der Waals surface area contributed by atoms with Crippen molar-refractivity contribution >= 4 is 0 Å². The molecule has 86 valence electrons. The third-order valence-corrected chi connectivity index (χ3v) is 8.45. The molecule has 16 heavy (non-hydrogen) atoms. The quantitative estimate of drug-likeness (QED) is 0.578. The van der Waals surface area contributed by atoms with Gasteiger partial charge in [0.15, 0.2) is 0 Å². The maximum absolute atomic E-state index is 1.65. The van der Waals surface area contributed by atoms with Crippen LogP contribution < -0.4 is 0 Å². The van der Waals surface area contributed by atoms with Crippen molar-refractivity contribution in [3.63, 3.8) is 0 Å². The Morgan fingerprint density at radius 3 is 0.812 bits per heavy atom. The average Bonchev–Trinajstić information content (AvgIpc) is 2.97.